The molecule has 2 amide bonds. The average molecular weight is 355 g/mol. The number of rotatable bonds is 3. The highest BCUT2D eigenvalue weighted by Gasteiger charge is 2.23. The summed E-state index contributed by atoms with van der Waals surface area (Å²) in [6, 6.07) is 7.55. The molecule has 1 aromatic carbocycles. The molecule has 0 spiro atoms. The summed E-state index contributed by atoms with van der Waals surface area (Å²) in [4.78, 5) is 23.3. The summed E-state index contributed by atoms with van der Waals surface area (Å²) in [7, 11) is 0. The lowest BCUT2D eigenvalue weighted by molar-refractivity contribution is -0.122. The van der Waals surface area contributed by atoms with Crippen LogP contribution in [0.4, 0.5) is 5.69 Å². The predicted molar refractivity (Wildman–Crippen MR) is 95.0 cm³/mol. The number of nitrogens with one attached hydrogen (secondary N) is 3. The number of carbonyl (C=O) groups is 2. The molecule has 2 atom stereocenters. The normalized spacial score (nSPS) is 23.5. The summed E-state index contributed by atoms with van der Waals surface area (Å²) in [5.74, 6) is 0.973. The Hall–Kier alpha value is -1.57. The number of carbonyl (C=O) groups excluding carboxylic acids is 2. The molecule has 1 fully saturated rings. The van der Waals surface area contributed by atoms with Crippen molar-refractivity contribution in [2.45, 2.75) is 18.7 Å². The third-order valence-electron chi connectivity index (χ3n) is 3.66. The van der Waals surface area contributed by atoms with E-state index >= 15 is 0 Å². The van der Waals surface area contributed by atoms with Gasteiger partial charge in [-0.1, -0.05) is 19.1 Å². The molecule has 1 saturated heterocycles. The number of hydrogen-bond acceptors (Lipinski definition) is 5. The first-order chi connectivity index (χ1) is 10.6. The van der Waals surface area contributed by atoms with Crippen molar-refractivity contribution in [3.8, 4) is 0 Å². The van der Waals surface area contributed by atoms with Gasteiger partial charge in [0, 0.05) is 30.3 Å². The Morgan fingerprint density at radius 2 is 2.09 bits per heavy atom. The van der Waals surface area contributed by atoms with Crippen LogP contribution in [0.3, 0.4) is 0 Å². The van der Waals surface area contributed by atoms with Crippen LogP contribution < -0.4 is 16.1 Å². The Morgan fingerprint density at radius 1 is 1.35 bits per heavy atom. The summed E-state index contributed by atoms with van der Waals surface area (Å²) in [5, 5.41) is 10.0. The van der Waals surface area contributed by atoms with Gasteiger partial charge in [0.05, 0.1) is 5.71 Å². The van der Waals surface area contributed by atoms with Crippen molar-refractivity contribution in [3.05, 3.63) is 29.8 Å². The van der Waals surface area contributed by atoms with E-state index in [-0.39, 0.29) is 35.5 Å². The summed E-state index contributed by atoms with van der Waals surface area (Å²) in [6.07, 6.45) is 0.446. The van der Waals surface area contributed by atoms with E-state index in [0.29, 0.717) is 6.42 Å². The van der Waals surface area contributed by atoms with E-state index in [1.54, 1.807) is 11.8 Å². The lowest BCUT2D eigenvalue weighted by Crippen LogP contribution is -2.33. The summed E-state index contributed by atoms with van der Waals surface area (Å²) in [6.45, 7) is 2.85. The monoisotopic (exact) mass is 354 g/mol. The zero-order valence-electron chi connectivity index (χ0n) is 12.7. The molecule has 2 aliphatic rings. The minimum Gasteiger partial charge on any atom is -0.324 e. The summed E-state index contributed by atoms with van der Waals surface area (Å²) in [5.41, 5.74) is 5.10. The fourth-order valence-corrected chi connectivity index (χ4v) is 3.45. The third-order valence-corrected chi connectivity index (χ3v) is 4.82. The standard InChI is InChI=1S/C15H18N4O2S.ClH/c1-9-8-12(20)18-19-13(9)10-2-4-11(5-3-10)17-14(21)15-16-6-7-22-15;/h2-5,9,15-16H,6-8H2,1H3,(H,17,21)(H,18,20);1H. The first-order valence-corrected chi connectivity index (χ1v) is 8.31. The topological polar surface area (TPSA) is 82.6 Å². The Morgan fingerprint density at radius 3 is 2.70 bits per heavy atom. The minimum absolute atomic E-state index is 0. The Kier molecular flexibility index (Phi) is 6.04. The number of anilines is 1. The Bertz CT molecular complexity index is 614. The maximum atomic E-state index is 12.0. The molecule has 8 heteroatoms. The van der Waals surface area contributed by atoms with Crippen LogP contribution in [-0.4, -0.2) is 35.2 Å². The number of hydrogen-bond donors (Lipinski definition) is 3. The molecular weight excluding hydrogens is 336 g/mol. The number of amides is 2. The third kappa shape index (κ3) is 4.25. The van der Waals surface area contributed by atoms with Gasteiger partial charge in [0.2, 0.25) is 5.91 Å². The smallest absolute Gasteiger partial charge is 0.251 e. The first kappa shape index (κ1) is 17.8. The molecule has 0 radical (unpaired) electrons. The molecule has 2 unspecified atom stereocenters. The molecule has 2 aliphatic heterocycles. The van der Waals surface area contributed by atoms with Crippen LogP contribution >= 0.6 is 24.2 Å². The SMILES string of the molecule is CC1CC(=O)NN=C1c1ccc(NC(=O)C2NCCS2)cc1.Cl. The molecule has 0 saturated carbocycles. The number of thioether (sulfide) groups is 1. The summed E-state index contributed by atoms with van der Waals surface area (Å²) < 4.78 is 0. The van der Waals surface area contributed by atoms with Crippen LogP contribution in [0.1, 0.15) is 18.9 Å². The van der Waals surface area contributed by atoms with Gasteiger partial charge >= 0.3 is 0 Å². The van der Waals surface area contributed by atoms with Crippen molar-refractivity contribution < 1.29 is 9.59 Å². The van der Waals surface area contributed by atoms with E-state index in [4.69, 9.17) is 0 Å². The molecule has 2 heterocycles. The second kappa shape index (κ2) is 7.81. The van der Waals surface area contributed by atoms with Crippen LogP contribution in [0.2, 0.25) is 0 Å². The molecule has 3 N–H and O–H groups in total. The molecule has 0 aromatic heterocycles. The van der Waals surface area contributed by atoms with E-state index < -0.39 is 0 Å². The molecule has 3 rings (SSSR count). The summed E-state index contributed by atoms with van der Waals surface area (Å²) >= 11 is 1.61. The quantitative estimate of drug-likeness (QED) is 0.769. The van der Waals surface area contributed by atoms with E-state index in [2.05, 4.69) is 21.2 Å². The van der Waals surface area contributed by atoms with Crippen molar-refractivity contribution in [2.75, 3.05) is 17.6 Å². The zero-order chi connectivity index (χ0) is 15.5. The highest BCUT2D eigenvalue weighted by molar-refractivity contribution is 8.00. The van der Waals surface area contributed by atoms with Gasteiger partial charge in [-0.2, -0.15) is 5.10 Å². The maximum Gasteiger partial charge on any atom is 0.251 e. The van der Waals surface area contributed by atoms with Gasteiger partial charge in [-0.25, -0.2) is 5.43 Å². The second-order valence-electron chi connectivity index (χ2n) is 5.41. The van der Waals surface area contributed by atoms with Crippen LogP contribution in [0.5, 0.6) is 0 Å². The average Bonchev–Trinajstić information content (AvgIpc) is 3.03. The van der Waals surface area contributed by atoms with Crippen molar-refractivity contribution in [3.63, 3.8) is 0 Å². The van der Waals surface area contributed by atoms with E-state index in [0.717, 1.165) is 29.3 Å². The van der Waals surface area contributed by atoms with Crippen LogP contribution in [-0.2, 0) is 9.59 Å². The number of hydrazone groups is 1. The fraction of sp³-hybridized carbons (Fsp3) is 0.400. The van der Waals surface area contributed by atoms with Gasteiger partial charge < -0.3 is 5.32 Å². The van der Waals surface area contributed by atoms with Gasteiger partial charge in [0.1, 0.15) is 5.37 Å². The molecule has 23 heavy (non-hydrogen) atoms. The van der Waals surface area contributed by atoms with E-state index in [9.17, 15) is 9.59 Å². The second-order valence-corrected chi connectivity index (χ2v) is 6.62. The zero-order valence-corrected chi connectivity index (χ0v) is 14.3. The van der Waals surface area contributed by atoms with Gasteiger partial charge in [0.15, 0.2) is 0 Å². The van der Waals surface area contributed by atoms with Crippen molar-refractivity contribution >= 4 is 47.4 Å². The van der Waals surface area contributed by atoms with E-state index in [1.807, 2.05) is 31.2 Å². The van der Waals surface area contributed by atoms with Crippen molar-refractivity contribution in [1.29, 1.82) is 0 Å². The molecule has 124 valence electrons. The minimum atomic E-state index is -0.169. The lowest BCUT2D eigenvalue weighted by atomic mass is 9.94. The molecule has 6 nitrogen and oxygen atoms in total. The first-order valence-electron chi connectivity index (χ1n) is 7.26. The Balaban J connectivity index is 0.00000192. The van der Waals surface area contributed by atoms with E-state index in [1.165, 1.54) is 0 Å². The molecule has 0 bridgehead atoms. The van der Waals surface area contributed by atoms with Gasteiger partial charge in [-0.15, -0.1) is 24.2 Å². The van der Waals surface area contributed by atoms with Gasteiger partial charge in [-0.3, -0.25) is 14.9 Å². The predicted octanol–water partition coefficient (Wildman–Crippen LogP) is 1.57. The molecular formula is C15H19ClN4O2S. The highest BCUT2D eigenvalue weighted by atomic mass is 35.5. The number of benzene rings is 1. The van der Waals surface area contributed by atoms with Gasteiger partial charge in [0.25, 0.3) is 5.91 Å². The number of halogens is 1. The van der Waals surface area contributed by atoms with Gasteiger partial charge in [-0.05, 0) is 17.7 Å². The Labute approximate surface area is 145 Å². The fourth-order valence-electron chi connectivity index (χ4n) is 2.53. The van der Waals surface area contributed by atoms with Crippen LogP contribution in [0, 0.1) is 5.92 Å². The highest BCUT2D eigenvalue weighted by Crippen LogP contribution is 2.20. The lowest BCUT2D eigenvalue weighted by Gasteiger charge is -2.19. The largest absolute Gasteiger partial charge is 0.324 e. The maximum absolute atomic E-state index is 12.0. The molecule has 1 aromatic rings. The van der Waals surface area contributed by atoms with Crippen LogP contribution in [0.15, 0.2) is 29.4 Å². The van der Waals surface area contributed by atoms with Crippen molar-refractivity contribution in [2.24, 2.45) is 11.0 Å². The molecule has 0 aliphatic carbocycles. The van der Waals surface area contributed by atoms with Crippen molar-refractivity contribution in [1.82, 2.24) is 10.7 Å². The number of nitrogens with zero attached hydrogens (tertiary/aromatic N) is 1. The van der Waals surface area contributed by atoms with Crippen LogP contribution in [0.25, 0.3) is 0 Å².